The third-order valence-corrected chi connectivity index (χ3v) is 2.82. The molecule has 0 aliphatic rings. The summed E-state index contributed by atoms with van der Waals surface area (Å²) in [7, 11) is -3.73. The smallest absolute Gasteiger partial charge is 0.320 e. The van der Waals surface area contributed by atoms with Crippen molar-refractivity contribution in [2.45, 2.75) is 13.3 Å². The average molecular weight is 225 g/mol. The van der Waals surface area contributed by atoms with Crippen molar-refractivity contribution in [2.24, 2.45) is 5.92 Å². The minimum absolute atomic E-state index is 0.0106. The van der Waals surface area contributed by atoms with Gasteiger partial charge in [0.05, 0.1) is 0 Å². The Morgan fingerprint density at radius 1 is 1.50 bits per heavy atom. The Labute approximate surface area is 83.0 Å². The molecule has 0 spiro atoms. The molecule has 1 unspecified atom stereocenters. The van der Waals surface area contributed by atoms with E-state index in [1.54, 1.807) is 6.92 Å². The highest BCUT2D eigenvalue weighted by atomic mass is 32.2. The summed E-state index contributed by atoms with van der Waals surface area (Å²) in [4.78, 5) is 10.1. The lowest BCUT2D eigenvalue weighted by Gasteiger charge is -2.10. The van der Waals surface area contributed by atoms with Gasteiger partial charge in [0.15, 0.2) is 5.75 Å². The van der Waals surface area contributed by atoms with Crippen molar-refractivity contribution in [2.75, 3.05) is 18.9 Å². The van der Waals surface area contributed by atoms with Gasteiger partial charge in [-0.05, 0) is 12.3 Å². The molecule has 0 amide bonds. The fraction of sp³-hybridized carbons (Fsp3) is 0.857. The molecule has 0 bridgehead atoms. The van der Waals surface area contributed by atoms with Crippen molar-refractivity contribution >= 4 is 16.0 Å². The second kappa shape index (κ2) is 5.94. The van der Waals surface area contributed by atoms with Crippen molar-refractivity contribution in [1.29, 1.82) is 0 Å². The summed E-state index contributed by atoms with van der Waals surface area (Å²) in [6, 6.07) is 0. The fourth-order valence-electron chi connectivity index (χ4n) is 0.805. The largest absolute Gasteiger partial charge is 0.480 e. The van der Waals surface area contributed by atoms with Gasteiger partial charge in [-0.2, -0.15) is 0 Å². The zero-order valence-corrected chi connectivity index (χ0v) is 8.75. The summed E-state index contributed by atoms with van der Waals surface area (Å²) >= 11 is 0. The van der Waals surface area contributed by atoms with Crippen LogP contribution in [0.5, 0.6) is 0 Å². The van der Waals surface area contributed by atoms with Crippen LogP contribution in [0.15, 0.2) is 0 Å². The Morgan fingerprint density at radius 3 is 2.50 bits per heavy atom. The lowest BCUT2D eigenvalue weighted by atomic mass is 10.1. The predicted molar refractivity (Wildman–Crippen MR) is 50.3 cm³/mol. The van der Waals surface area contributed by atoms with Crippen molar-refractivity contribution in [3.8, 4) is 0 Å². The van der Waals surface area contributed by atoms with Crippen molar-refractivity contribution in [1.82, 2.24) is 4.72 Å². The average Bonchev–Trinajstić information content (AvgIpc) is 1.99. The second-order valence-corrected chi connectivity index (χ2v) is 4.93. The topological polar surface area (TPSA) is 104 Å². The van der Waals surface area contributed by atoms with E-state index < -0.39 is 21.7 Å². The van der Waals surface area contributed by atoms with Gasteiger partial charge in [-0.15, -0.1) is 0 Å². The van der Waals surface area contributed by atoms with Gasteiger partial charge in [-0.1, -0.05) is 6.92 Å². The second-order valence-electron chi connectivity index (χ2n) is 3.12. The van der Waals surface area contributed by atoms with Crippen molar-refractivity contribution in [3.05, 3.63) is 0 Å². The third-order valence-electron chi connectivity index (χ3n) is 1.59. The van der Waals surface area contributed by atoms with Crippen LogP contribution in [0.4, 0.5) is 0 Å². The Kier molecular flexibility index (Phi) is 5.66. The number of hydrogen-bond acceptors (Lipinski definition) is 4. The number of carboxylic acids is 1. The summed E-state index contributed by atoms with van der Waals surface area (Å²) in [5, 5.41) is 16.8. The molecule has 0 heterocycles. The summed E-state index contributed by atoms with van der Waals surface area (Å²) in [6.45, 7) is 1.90. The van der Waals surface area contributed by atoms with Gasteiger partial charge < -0.3 is 10.2 Å². The van der Waals surface area contributed by atoms with E-state index in [1.165, 1.54) is 0 Å². The SMILES string of the molecule is CC(CCO)CNS(=O)(=O)CC(=O)O. The predicted octanol–water partition coefficient (Wildman–Crippen LogP) is -0.991. The Morgan fingerprint density at radius 2 is 2.07 bits per heavy atom. The molecule has 1 atom stereocenters. The molecule has 0 fully saturated rings. The maximum absolute atomic E-state index is 11.0. The molecular formula is C7H15NO5S. The van der Waals surface area contributed by atoms with E-state index >= 15 is 0 Å². The molecule has 84 valence electrons. The highest BCUT2D eigenvalue weighted by Gasteiger charge is 2.15. The monoisotopic (exact) mass is 225 g/mol. The zero-order chi connectivity index (χ0) is 11.2. The molecule has 3 N–H and O–H groups in total. The first-order valence-electron chi connectivity index (χ1n) is 4.17. The van der Waals surface area contributed by atoms with E-state index in [1.807, 2.05) is 0 Å². The van der Waals surface area contributed by atoms with Crippen LogP contribution in [0.1, 0.15) is 13.3 Å². The van der Waals surface area contributed by atoms with Gasteiger partial charge in [0.1, 0.15) is 0 Å². The molecule has 0 aromatic heterocycles. The molecule has 0 saturated heterocycles. The standard InChI is InChI=1S/C7H15NO5S/c1-6(2-3-9)4-8-14(12,13)5-7(10)11/h6,8-9H,2-5H2,1H3,(H,10,11). The van der Waals surface area contributed by atoms with Crippen molar-refractivity contribution in [3.63, 3.8) is 0 Å². The molecular weight excluding hydrogens is 210 g/mol. The van der Waals surface area contributed by atoms with Gasteiger partial charge in [0.2, 0.25) is 10.0 Å². The number of aliphatic carboxylic acids is 1. The van der Waals surface area contributed by atoms with Crippen LogP contribution in [0.3, 0.4) is 0 Å². The Balaban J connectivity index is 3.93. The summed E-state index contributed by atoms with van der Waals surface area (Å²) in [5.41, 5.74) is 0. The van der Waals surface area contributed by atoms with Crippen LogP contribution < -0.4 is 4.72 Å². The molecule has 7 heteroatoms. The number of aliphatic hydroxyl groups excluding tert-OH is 1. The van der Waals surface area contributed by atoms with E-state index in [-0.39, 0.29) is 19.1 Å². The Bertz CT molecular complexity index is 274. The van der Waals surface area contributed by atoms with E-state index in [0.29, 0.717) is 6.42 Å². The third kappa shape index (κ3) is 6.81. The number of carboxylic acid groups (broad SMARTS) is 1. The van der Waals surface area contributed by atoms with Gasteiger partial charge in [0, 0.05) is 13.2 Å². The van der Waals surface area contributed by atoms with Gasteiger partial charge in [0.25, 0.3) is 0 Å². The van der Waals surface area contributed by atoms with E-state index in [9.17, 15) is 13.2 Å². The molecule has 6 nitrogen and oxygen atoms in total. The van der Waals surface area contributed by atoms with Gasteiger partial charge >= 0.3 is 5.97 Å². The lowest BCUT2D eigenvalue weighted by Crippen LogP contribution is -2.33. The number of hydrogen-bond donors (Lipinski definition) is 3. The van der Waals surface area contributed by atoms with Crippen LogP contribution >= 0.6 is 0 Å². The Hall–Kier alpha value is -0.660. The number of carbonyl (C=O) groups is 1. The minimum Gasteiger partial charge on any atom is -0.480 e. The van der Waals surface area contributed by atoms with E-state index in [0.717, 1.165) is 0 Å². The number of sulfonamides is 1. The molecule has 0 aliphatic heterocycles. The van der Waals surface area contributed by atoms with Crippen LogP contribution in [0.25, 0.3) is 0 Å². The first-order valence-corrected chi connectivity index (χ1v) is 5.82. The lowest BCUT2D eigenvalue weighted by molar-refractivity contribution is -0.134. The molecule has 0 aromatic carbocycles. The molecule has 0 rings (SSSR count). The highest BCUT2D eigenvalue weighted by molar-refractivity contribution is 7.90. The van der Waals surface area contributed by atoms with Gasteiger partial charge in [-0.3, -0.25) is 4.79 Å². The fourth-order valence-corrected chi connectivity index (χ4v) is 1.77. The summed E-state index contributed by atoms with van der Waals surface area (Å²) < 4.78 is 24.1. The highest BCUT2D eigenvalue weighted by Crippen LogP contribution is 1.99. The quantitative estimate of drug-likeness (QED) is 0.516. The molecule has 0 aliphatic carbocycles. The number of nitrogens with one attached hydrogen (secondary N) is 1. The molecule has 0 radical (unpaired) electrons. The maximum atomic E-state index is 11.0. The van der Waals surface area contributed by atoms with Gasteiger partial charge in [-0.25, -0.2) is 13.1 Å². The molecule has 0 saturated carbocycles. The van der Waals surface area contributed by atoms with Crippen LogP contribution in [0, 0.1) is 5.92 Å². The molecule has 0 aromatic rings. The van der Waals surface area contributed by atoms with Crippen molar-refractivity contribution < 1.29 is 23.4 Å². The normalized spacial score (nSPS) is 13.9. The van der Waals surface area contributed by atoms with E-state index in [4.69, 9.17) is 10.2 Å². The first-order chi connectivity index (χ1) is 6.37. The van der Waals surface area contributed by atoms with Crippen LogP contribution in [-0.4, -0.2) is 43.5 Å². The molecule has 14 heavy (non-hydrogen) atoms. The first kappa shape index (κ1) is 13.3. The number of rotatable bonds is 7. The zero-order valence-electron chi connectivity index (χ0n) is 7.93. The summed E-state index contributed by atoms with van der Waals surface area (Å²) in [5.74, 6) is -2.31. The summed E-state index contributed by atoms with van der Waals surface area (Å²) in [6.07, 6.45) is 0.482. The maximum Gasteiger partial charge on any atom is 0.320 e. The van der Waals surface area contributed by atoms with Crippen LogP contribution in [-0.2, 0) is 14.8 Å². The van der Waals surface area contributed by atoms with E-state index in [2.05, 4.69) is 4.72 Å². The minimum atomic E-state index is -3.73. The van der Waals surface area contributed by atoms with Crippen LogP contribution in [0.2, 0.25) is 0 Å². The number of aliphatic hydroxyl groups is 1.